The van der Waals surface area contributed by atoms with E-state index in [4.69, 9.17) is 4.74 Å². The minimum Gasteiger partial charge on any atom is -0.491 e. The van der Waals surface area contributed by atoms with Crippen molar-refractivity contribution in [3.8, 4) is 5.75 Å². The Hall–Kier alpha value is -5.19. The van der Waals surface area contributed by atoms with E-state index in [0.29, 0.717) is 18.7 Å². The van der Waals surface area contributed by atoms with E-state index in [1.165, 1.54) is 0 Å². The number of ether oxygens (including phenoxy) is 1. The van der Waals surface area contributed by atoms with E-state index < -0.39 is 36.2 Å². The number of para-hydroxylation sites is 1. The van der Waals surface area contributed by atoms with Crippen molar-refractivity contribution in [1.82, 2.24) is 26.2 Å². The molecule has 2 aliphatic rings. The molecule has 0 aliphatic carbocycles. The Kier molecular flexibility index (Phi) is 10.4. The molecule has 0 bridgehead atoms. The van der Waals surface area contributed by atoms with Crippen LogP contribution in [0, 0.1) is 0 Å². The summed E-state index contributed by atoms with van der Waals surface area (Å²) in [6.45, 7) is 1.63. The predicted octanol–water partition coefficient (Wildman–Crippen LogP) is 1.85. The Morgan fingerprint density at radius 2 is 1.64 bits per heavy atom. The van der Waals surface area contributed by atoms with Gasteiger partial charge in [0.25, 0.3) is 5.91 Å². The summed E-state index contributed by atoms with van der Waals surface area (Å²) >= 11 is 0. The van der Waals surface area contributed by atoms with E-state index in [0.717, 1.165) is 29.7 Å². The molecular weight excluding hydrogens is 574 g/mol. The molecular formula is C34H37N5O6. The molecule has 0 aromatic heterocycles. The minimum atomic E-state index is -1.24. The molecule has 2 atom stereocenters. The van der Waals surface area contributed by atoms with Gasteiger partial charge in [0.1, 0.15) is 24.4 Å². The van der Waals surface area contributed by atoms with Crippen molar-refractivity contribution in [3.63, 3.8) is 0 Å². The molecule has 0 spiro atoms. The van der Waals surface area contributed by atoms with Gasteiger partial charge in [-0.1, -0.05) is 66.7 Å². The summed E-state index contributed by atoms with van der Waals surface area (Å²) in [6, 6.07) is 21.3. The lowest BCUT2D eigenvalue weighted by Gasteiger charge is -2.23. The first-order valence-corrected chi connectivity index (χ1v) is 15.1. The number of rotatable bonds is 7. The van der Waals surface area contributed by atoms with Gasteiger partial charge in [0.2, 0.25) is 23.6 Å². The lowest BCUT2D eigenvalue weighted by Crippen LogP contribution is -2.53. The Bertz CT molecular complexity index is 1540. The topological polar surface area (TPSA) is 146 Å². The zero-order valence-corrected chi connectivity index (χ0v) is 24.9. The number of carbonyl (C=O) groups excluding carboxylic acids is 5. The zero-order chi connectivity index (χ0) is 31.6. The molecule has 2 aliphatic heterocycles. The summed E-state index contributed by atoms with van der Waals surface area (Å²) in [5.41, 5.74) is 2.80. The highest BCUT2D eigenvalue weighted by Gasteiger charge is 2.29. The molecule has 3 aromatic rings. The summed E-state index contributed by atoms with van der Waals surface area (Å²) in [5, 5.41) is 11.1. The maximum atomic E-state index is 13.5. The van der Waals surface area contributed by atoms with E-state index in [-0.39, 0.29) is 43.5 Å². The molecule has 0 saturated carbocycles. The summed E-state index contributed by atoms with van der Waals surface area (Å²) in [5.74, 6) is -1.66. The number of hydrogen-bond acceptors (Lipinski definition) is 6. The number of carbonyl (C=O) groups is 5. The summed E-state index contributed by atoms with van der Waals surface area (Å²) in [7, 11) is 0. The maximum absolute atomic E-state index is 13.5. The van der Waals surface area contributed by atoms with Crippen LogP contribution in [0.15, 0.2) is 78.9 Å². The van der Waals surface area contributed by atoms with Gasteiger partial charge in [-0.05, 0) is 35.2 Å². The van der Waals surface area contributed by atoms with Crippen LogP contribution in [0.25, 0.3) is 0 Å². The number of fused-ring (bicyclic) bond motifs is 1. The third-order valence-corrected chi connectivity index (χ3v) is 7.74. The lowest BCUT2D eigenvalue weighted by molar-refractivity contribution is -0.131. The zero-order valence-electron chi connectivity index (χ0n) is 24.9. The first kappa shape index (κ1) is 31.2. The van der Waals surface area contributed by atoms with Crippen molar-refractivity contribution >= 4 is 29.5 Å². The van der Waals surface area contributed by atoms with Gasteiger partial charge in [-0.25, -0.2) is 0 Å². The van der Waals surface area contributed by atoms with E-state index in [1.807, 2.05) is 59.5 Å². The van der Waals surface area contributed by atoms with Gasteiger partial charge in [0.05, 0.1) is 18.5 Å². The van der Waals surface area contributed by atoms with E-state index in [2.05, 4.69) is 21.3 Å². The first-order valence-electron chi connectivity index (χ1n) is 15.1. The van der Waals surface area contributed by atoms with Crippen LogP contribution in [0.5, 0.6) is 5.75 Å². The molecule has 0 unspecified atom stereocenters. The molecule has 2 heterocycles. The molecule has 1 saturated heterocycles. The molecule has 11 nitrogen and oxygen atoms in total. The van der Waals surface area contributed by atoms with Gasteiger partial charge in [-0.2, -0.15) is 0 Å². The van der Waals surface area contributed by atoms with Crippen molar-refractivity contribution in [2.75, 3.05) is 19.7 Å². The second kappa shape index (κ2) is 15.0. The van der Waals surface area contributed by atoms with E-state index in [9.17, 15) is 24.0 Å². The standard InChI is InChI=1S/C34H37N5O6/c40-30-20-28(34(44)36-21-24-10-6-11-25(18-24)22-39-16-7-14-31(39)41)38-32(42)26-12-4-5-13-29(26)45-17-15-35-33(43)27(37-30)19-23-8-2-1-3-9-23/h1-6,8-13,18,27-28H,7,14-17,19-22H2,(H,35,43)(H,36,44)(H,37,40)(H,38,42)/t27-,28-/m0/s1. The second-order valence-electron chi connectivity index (χ2n) is 11.1. The SMILES string of the molecule is O=C1C[C@@H](C(=O)NCc2cccc(CN3CCCC3=O)c2)NC(=O)c2ccccc2OCCNC(=O)[C@H](Cc2ccccc2)N1. The highest BCUT2D eigenvalue weighted by molar-refractivity contribution is 6.01. The molecule has 4 N–H and O–H groups in total. The Labute approximate surface area is 261 Å². The highest BCUT2D eigenvalue weighted by atomic mass is 16.5. The van der Waals surface area contributed by atoms with Crippen molar-refractivity contribution in [2.24, 2.45) is 0 Å². The number of nitrogens with one attached hydrogen (secondary N) is 4. The Morgan fingerprint density at radius 3 is 2.44 bits per heavy atom. The molecule has 5 rings (SSSR count). The maximum Gasteiger partial charge on any atom is 0.255 e. The fraction of sp³-hybridized carbons (Fsp3) is 0.324. The fourth-order valence-electron chi connectivity index (χ4n) is 5.42. The quantitative estimate of drug-likeness (QED) is 0.321. The van der Waals surface area contributed by atoms with Gasteiger partial charge in [0.15, 0.2) is 0 Å². The van der Waals surface area contributed by atoms with Crippen LogP contribution in [0.3, 0.4) is 0 Å². The second-order valence-corrected chi connectivity index (χ2v) is 11.1. The largest absolute Gasteiger partial charge is 0.491 e. The lowest BCUT2D eigenvalue weighted by atomic mass is 10.0. The van der Waals surface area contributed by atoms with Crippen molar-refractivity contribution in [3.05, 3.63) is 101 Å². The number of likely N-dealkylation sites (tertiary alicyclic amines) is 1. The fourth-order valence-corrected chi connectivity index (χ4v) is 5.42. The molecule has 1 fully saturated rings. The van der Waals surface area contributed by atoms with Crippen LogP contribution in [0.4, 0.5) is 0 Å². The predicted molar refractivity (Wildman–Crippen MR) is 166 cm³/mol. The molecule has 45 heavy (non-hydrogen) atoms. The van der Waals surface area contributed by atoms with Gasteiger partial charge in [0, 0.05) is 32.5 Å². The van der Waals surface area contributed by atoms with E-state index in [1.54, 1.807) is 24.3 Å². The summed E-state index contributed by atoms with van der Waals surface area (Å²) < 4.78 is 5.80. The van der Waals surface area contributed by atoms with Gasteiger partial charge in [-0.3, -0.25) is 24.0 Å². The van der Waals surface area contributed by atoms with Crippen molar-refractivity contribution in [2.45, 2.75) is 50.9 Å². The molecule has 3 aromatic carbocycles. The third-order valence-electron chi connectivity index (χ3n) is 7.74. The number of benzene rings is 3. The average molecular weight is 612 g/mol. The summed E-state index contributed by atoms with van der Waals surface area (Å²) in [4.78, 5) is 67.1. The Morgan fingerprint density at radius 1 is 0.889 bits per heavy atom. The monoisotopic (exact) mass is 611 g/mol. The van der Waals surface area contributed by atoms with Crippen LogP contribution in [-0.4, -0.2) is 66.2 Å². The normalized spacial score (nSPS) is 19.3. The number of nitrogens with zero attached hydrogens (tertiary/aromatic N) is 1. The van der Waals surface area contributed by atoms with Gasteiger partial charge >= 0.3 is 0 Å². The average Bonchev–Trinajstić information content (AvgIpc) is 3.45. The highest BCUT2D eigenvalue weighted by Crippen LogP contribution is 2.19. The molecule has 234 valence electrons. The van der Waals surface area contributed by atoms with Crippen LogP contribution in [0.2, 0.25) is 0 Å². The Balaban J connectivity index is 1.32. The molecule has 11 heteroatoms. The van der Waals surface area contributed by atoms with Crippen molar-refractivity contribution < 1.29 is 28.7 Å². The smallest absolute Gasteiger partial charge is 0.255 e. The van der Waals surface area contributed by atoms with Crippen molar-refractivity contribution in [1.29, 1.82) is 0 Å². The summed E-state index contributed by atoms with van der Waals surface area (Å²) in [6.07, 6.45) is 1.26. The van der Waals surface area contributed by atoms with Crippen LogP contribution in [0.1, 0.15) is 46.3 Å². The van der Waals surface area contributed by atoms with Crippen LogP contribution in [-0.2, 0) is 38.7 Å². The van der Waals surface area contributed by atoms with Gasteiger partial charge < -0.3 is 30.9 Å². The van der Waals surface area contributed by atoms with E-state index >= 15 is 0 Å². The van der Waals surface area contributed by atoms with Crippen LogP contribution < -0.4 is 26.0 Å². The molecule has 0 radical (unpaired) electrons. The number of amides is 5. The molecule has 5 amide bonds. The van der Waals surface area contributed by atoms with Crippen LogP contribution >= 0.6 is 0 Å². The van der Waals surface area contributed by atoms with Gasteiger partial charge in [-0.15, -0.1) is 0 Å². The third kappa shape index (κ3) is 8.69. The minimum absolute atomic E-state index is 0.0942. The number of hydrogen-bond donors (Lipinski definition) is 4. The first-order chi connectivity index (χ1) is 21.9.